The second-order valence-corrected chi connectivity index (χ2v) is 7.08. The van der Waals surface area contributed by atoms with Crippen molar-refractivity contribution >= 4 is 40.0 Å². The summed E-state index contributed by atoms with van der Waals surface area (Å²) in [7, 11) is 0. The maximum atomic E-state index is 12.5. The van der Waals surface area contributed by atoms with E-state index in [-0.39, 0.29) is 11.9 Å². The summed E-state index contributed by atoms with van der Waals surface area (Å²) in [4.78, 5) is 25.8. The highest BCUT2D eigenvalue weighted by Gasteiger charge is 2.17. The molecule has 122 valence electrons. The summed E-state index contributed by atoms with van der Waals surface area (Å²) in [6.07, 6.45) is 0. The topological polar surface area (TPSA) is 55.4 Å². The molecule has 0 bridgehead atoms. The van der Waals surface area contributed by atoms with Crippen LogP contribution in [0.1, 0.15) is 39.4 Å². The Labute approximate surface area is 144 Å². The van der Waals surface area contributed by atoms with Crippen LogP contribution in [0.15, 0.2) is 35.2 Å². The van der Waals surface area contributed by atoms with Gasteiger partial charge in [-0.3, -0.25) is 4.79 Å². The van der Waals surface area contributed by atoms with Gasteiger partial charge < -0.3 is 10.1 Å². The third kappa shape index (κ3) is 4.36. The van der Waals surface area contributed by atoms with Crippen LogP contribution in [0.2, 0.25) is 0 Å². The molecule has 6 heteroatoms. The van der Waals surface area contributed by atoms with Crippen molar-refractivity contribution in [1.82, 2.24) is 0 Å². The molecule has 0 atom stereocenters. The molecule has 1 amide bonds. The molecule has 2 rings (SSSR count). The molecule has 4 nitrogen and oxygen atoms in total. The van der Waals surface area contributed by atoms with E-state index in [4.69, 9.17) is 4.74 Å². The first-order valence-corrected chi connectivity index (χ1v) is 9.17. The van der Waals surface area contributed by atoms with E-state index in [2.05, 4.69) is 5.32 Å². The van der Waals surface area contributed by atoms with E-state index < -0.39 is 0 Å². The maximum absolute atomic E-state index is 12.5. The Kier molecular flexibility index (Phi) is 6.24. The van der Waals surface area contributed by atoms with Crippen LogP contribution >= 0.6 is 23.1 Å². The molecule has 0 aliphatic rings. The summed E-state index contributed by atoms with van der Waals surface area (Å²) >= 11 is 2.87. The van der Waals surface area contributed by atoms with Crippen LogP contribution in [-0.2, 0) is 4.74 Å². The van der Waals surface area contributed by atoms with E-state index in [1.165, 1.54) is 11.3 Å². The standard InChI is InChI=1S/C17H19NO3S2/c1-4-21-17(20)15-11(3)10-14(23-15)18-16(19)12-8-6-7-9-13(12)22-5-2/h6-10H,4-5H2,1-3H3,(H,18,19). The molecule has 1 aromatic heterocycles. The van der Waals surface area contributed by atoms with Crippen molar-refractivity contribution in [2.24, 2.45) is 0 Å². The Hall–Kier alpha value is -1.79. The van der Waals surface area contributed by atoms with E-state index in [1.807, 2.05) is 32.0 Å². The molecule has 0 saturated carbocycles. The van der Waals surface area contributed by atoms with Gasteiger partial charge in [0.2, 0.25) is 0 Å². The van der Waals surface area contributed by atoms with Crippen LogP contribution in [0.25, 0.3) is 0 Å². The molecular formula is C17H19NO3S2. The van der Waals surface area contributed by atoms with Crippen molar-refractivity contribution in [3.05, 3.63) is 46.3 Å². The highest BCUT2D eigenvalue weighted by Crippen LogP contribution is 2.29. The number of anilines is 1. The molecule has 23 heavy (non-hydrogen) atoms. The number of nitrogens with one attached hydrogen (secondary N) is 1. The predicted octanol–water partition coefficient (Wildman–Crippen LogP) is 4.60. The van der Waals surface area contributed by atoms with Gasteiger partial charge in [0, 0.05) is 4.90 Å². The number of carbonyl (C=O) groups excluding carboxylic acids is 2. The number of aryl methyl sites for hydroxylation is 1. The van der Waals surface area contributed by atoms with Gasteiger partial charge in [0.05, 0.1) is 17.2 Å². The van der Waals surface area contributed by atoms with Gasteiger partial charge in [0.15, 0.2) is 0 Å². The lowest BCUT2D eigenvalue weighted by Gasteiger charge is -2.07. The third-order valence-electron chi connectivity index (χ3n) is 3.05. The number of ether oxygens (including phenoxy) is 1. The van der Waals surface area contributed by atoms with Crippen molar-refractivity contribution in [3.8, 4) is 0 Å². The lowest BCUT2D eigenvalue weighted by Crippen LogP contribution is -2.12. The molecule has 0 unspecified atom stereocenters. The molecule has 0 aliphatic carbocycles. The normalized spacial score (nSPS) is 10.4. The lowest BCUT2D eigenvalue weighted by molar-refractivity contribution is 0.0531. The van der Waals surface area contributed by atoms with Crippen LogP contribution < -0.4 is 5.32 Å². The number of amides is 1. The zero-order chi connectivity index (χ0) is 16.8. The molecule has 1 aromatic carbocycles. The predicted molar refractivity (Wildman–Crippen MR) is 95.8 cm³/mol. The van der Waals surface area contributed by atoms with E-state index >= 15 is 0 Å². The van der Waals surface area contributed by atoms with Gasteiger partial charge in [-0.2, -0.15) is 0 Å². The van der Waals surface area contributed by atoms with Gasteiger partial charge in [-0.1, -0.05) is 19.1 Å². The number of rotatable bonds is 6. The second kappa shape index (κ2) is 8.17. The molecule has 0 aliphatic heterocycles. The first kappa shape index (κ1) is 17.6. The number of thiophene rings is 1. The SMILES string of the molecule is CCOC(=O)c1sc(NC(=O)c2ccccc2SCC)cc1C. The fourth-order valence-corrected chi connectivity index (χ4v) is 3.82. The first-order valence-electron chi connectivity index (χ1n) is 7.37. The number of benzene rings is 1. The summed E-state index contributed by atoms with van der Waals surface area (Å²) in [5.74, 6) is 0.380. The summed E-state index contributed by atoms with van der Waals surface area (Å²) in [5, 5.41) is 3.52. The first-order chi connectivity index (χ1) is 11.1. The van der Waals surface area contributed by atoms with E-state index in [1.54, 1.807) is 30.8 Å². The zero-order valence-corrected chi connectivity index (χ0v) is 15.0. The summed E-state index contributed by atoms with van der Waals surface area (Å²) in [6, 6.07) is 9.30. The Morgan fingerprint density at radius 1 is 1.26 bits per heavy atom. The number of esters is 1. The van der Waals surface area contributed by atoms with Crippen LogP contribution in [0.5, 0.6) is 0 Å². The van der Waals surface area contributed by atoms with Crippen LogP contribution in [0.3, 0.4) is 0 Å². The smallest absolute Gasteiger partial charge is 0.348 e. The van der Waals surface area contributed by atoms with Crippen LogP contribution in [0, 0.1) is 6.92 Å². The quantitative estimate of drug-likeness (QED) is 0.612. The van der Waals surface area contributed by atoms with E-state index in [0.29, 0.717) is 22.0 Å². The fourth-order valence-electron chi connectivity index (χ4n) is 2.06. The number of carbonyl (C=O) groups is 2. The van der Waals surface area contributed by atoms with Gasteiger partial charge >= 0.3 is 5.97 Å². The second-order valence-electron chi connectivity index (χ2n) is 4.73. The van der Waals surface area contributed by atoms with E-state index in [9.17, 15) is 9.59 Å². The highest BCUT2D eigenvalue weighted by molar-refractivity contribution is 7.99. The van der Waals surface area contributed by atoms with Gasteiger partial charge in [-0.25, -0.2) is 4.79 Å². The minimum absolute atomic E-state index is 0.168. The molecule has 1 N–H and O–H groups in total. The maximum Gasteiger partial charge on any atom is 0.348 e. The van der Waals surface area contributed by atoms with Crippen molar-refractivity contribution in [3.63, 3.8) is 0 Å². The largest absolute Gasteiger partial charge is 0.462 e. The van der Waals surface area contributed by atoms with E-state index in [0.717, 1.165) is 16.2 Å². The molecule has 0 fully saturated rings. The highest BCUT2D eigenvalue weighted by atomic mass is 32.2. The number of thioether (sulfide) groups is 1. The molecule has 0 spiro atoms. The van der Waals surface area contributed by atoms with Crippen molar-refractivity contribution < 1.29 is 14.3 Å². The van der Waals surface area contributed by atoms with Gasteiger partial charge in [-0.05, 0) is 43.4 Å². The van der Waals surface area contributed by atoms with Crippen molar-refractivity contribution in [2.75, 3.05) is 17.7 Å². The third-order valence-corrected chi connectivity index (χ3v) is 5.14. The number of hydrogen-bond donors (Lipinski definition) is 1. The zero-order valence-electron chi connectivity index (χ0n) is 13.3. The molecule has 1 heterocycles. The summed E-state index contributed by atoms with van der Waals surface area (Å²) < 4.78 is 5.02. The molecule has 0 radical (unpaired) electrons. The van der Waals surface area contributed by atoms with Crippen molar-refractivity contribution in [1.29, 1.82) is 0 Å². The van der Waals surface area contributed by atoms with Gasteiger partial charge in [-0.15, -0.1) is 23.1 Å². The average molecular weight is 349 g/mol. The van der Waals surface area contributed by atoms with Crippen LogP contribution in [-0.4, -0.2) is 24.2 Å². The Bertz CT molecular complexity index is 710. The van der Waals surface area contributed by atoms with Gasteiger partial charge in [0.1, 0.15) is 4.88 Å². The monoisotopic (exact) mass is 349 g/mol. The summed E-state index contributed by atoms with van der Waals surface area (Å²) in [6.45, 7) is 5.98. The minimum atomic E-state index is -0.350. The molecule has 2 aromatic rings. The van der Waals surface area contributed by atoms with Crippen LogP contribution in [0.4, 0.5) is 5.00 Å². The average Bonchev–Trinajstić information content (AvgIpc) is 2.89. The van der Waals surface area contributed by atoms with Gasteiger partial charge in [0.25, 0.3) is 5.91 Å². The molecular weight excluding hydrogens is 330 g/mol. The Morgan fingerprint density at radius 3 is 2.70 bits per heavy atom. The molecule has 0 saturated heterocycles. The minimum Gasteiger partial charge on any atom is -0.462 e. The Morgan fingerprint density at radius 2 is 2.00 bits per heavy atom. The number of hydrogen-bond acceptors (Lipinski definition) is 5. The summed E-state index contributed by atoms with van der Waals surface area (Å²) in [5.41, 5.74) is 1.45. The fraction of sp³-hybridized carbons (Fsp3) is 0.294. The van der Waals surface area contributed by atoms with Crippen molar-refractivity contribution in [2.45, 2.75) is 25.7 Å². The lowest BCUT2D eigenvalue weighted by atomic mass is 10.2. The Balaban J connectivity index is 2.18.